The van der Waals surface area contributed by atoms with E-state index < -0.39 is 0 Å². The van der Waals surface area contributed by atoms with Crippen molar-refractivity contribution in [3.05, 3.63) is 41.7 Å². The normalized spacial score (nSPS) is 19.5. The highest BCUT2D eigenvalue weighted by molar-refractivity contribution is 5.95. The third-order valence-corrected chi connectivity index (χ3v) is 5.15. The van der Waals surface area contributed by atoms with Crippen molar-refractivity contribution in [3.63, 3.8) is 0 Å². The lowest BCUT2D eigenvalue weighted by Crippen LogP contribution is -2.31. The van der Waals surface area contributed by atoms with E-state index >= 15 is 0 Å². The fourth-order valence-corrected chi connectivity index (χ4v) is 3.90. The zero-order chi connectivity index (χ0) is 19.7. The maximum Gasteiger partial charge on any atom is 0.222 e. The lowest BCUT2D eigenvalue weighted by Gasteiger charge is -2.30. The van der Waals surface area contributed by atoms with Crippen molar-refractivity contribution in [2.45, 2.75) is 51.7 Å². The molecule has 3 aromatic rings. The van der Waals surface area contributed by atoms with Crippen LogP contribution >= 0.6 is 0 Å². The van der Waals surface area contributed by atoms with Crippen LogP contribution in [0.4, 0.5) is 17.5 Å². The first-order valence-electron chi connectivity index (χ1n) is 9.68. The van der Waals surface area contributed by atoms with Gasteiger partial charge < -0.3 is 21.5 Å². The van der Waals surface area contributed by atoms with E-state index in [1.807, 2.05) is 44.2 Å². The molecule has 0 aliphatic heterocycles. The van der Waals surface area contributed by atoms with Gasteiger partial charge in [-0.3, -0.25) is 4.98 Å². The van der Waals surface area contributed by atoms with Crippen LogP contribution in [0.1, 0.15) is 37.1 Å². The number of fused-ring (bicyclic) bond motifs is 1. The van der Waals surface area contributed by atoms with E-state index in [-0.39, 0.29) is 6.10 Å². The smallest absolute Gasteiger partial charge is 0.222 e. The number of aryl methyl sites for hydroxylation is 2. The molecule has 0 atom stereocenters. The molecular formula is C21H26N6O. The molecule has 1 fully saturated rings. The summed E-state index contributed by atoms with van der Waals surface area (Å²) in [5, 5.41) is 4.38. The van der Waals surface area contributed by atoms with Gasteiger partial charge in [0, 0.05) is 29.2 Å². The maximum absolute atomic E-state index is 6.33. The molecule has 7 heteroatoms. The molecule has 28 heavy (non-hydrogen) atoms. The Morgan fingerprint density at radius 3 is 2.46 bits per heavy atom. The number of hydrogen-bond donors (Lipinski definition) is 3. The number of nitrogen functional groups attached to an aromatic ring is 2. The van der Waals surface area contributed by atoms with Crippen LogP contribution in [-0.2, 0) is 0 Å². The molecule has 2 aromatic heterocycles. The second kappa shape index (κ2) is 7.50. The predicted octanol–water partition coefficient (Wildman–Crippen LogP) is 3.61. The first-order chi connectivity index (χ1) is 13.5. The molecule has 5 N–H and O–H groups in total. The van der Waals surface area contributed by atoms with Crippen molar-refractivity contribution in [1.29, 1.82) is 0 Å². The number of ether oxygens (including phenoxy) is 1. The maximum atomic E-state index is 6.33. The summed E-state index contributed by atoms with van der Waals surface area (Å²) in [4.78, 5) is 13.0. The van der Waals surface area contributed by atoms with Crippen molar-refractivity contribution >= 4 is 28.4 Å². The molecule has 0 unspecified atom stereocenters. The van der Waals surface area contributed by atoms with Crippen molar-refractivity contribution in [2.24, 2.45) is 0 Å². The van der Waals surface area contributed by atoms with Crippen LogP contribution in [0.25, 0.3) is 10.9 Å². The minimum absolute atomic E-state index is 0.168. The number of nitrogens with two attached hydrogens (primary N) is 2. The molecule has 2 heterocycles. The van der Waals surface area contributed by atoms with E-state index in [0.29, 0.717) is 17.7 Å². The number of nitrogens with zero attached hydrogens (tertiary/aromatic N) is 3. The van der Waals surface area contributed by atoms with Gasteiger partial charge in [-0.25, -0.2) is 4.98 Å². The third kappa shape index (κ3) is 3.93. The van der Waals surface area contributed by atoms with Gasteiger partial charge in [0.1, 0.15) is 11.6 Å². The Bertz CT molecular complexity index is 977. The second-order valence-electron chi connectivity index (χ2n) is 7.49. The topological polar surface area (TPSA) is 112 Å². The van der Waals surface area contributed by atoms with Gasteiger partial charge in [0.25, 0.3) is 0 Å². The van der Waals surface area contributed by atoms with Crippen LogP contribution in [0.2, 0.25) is 0 Å². The van der Waals surface area contributed by atoms with Crippen LogP contribution in [0, 0.1) is 13.8 Å². The third-order valence-electron chi connectivity index (χ3n) is 5.15. The summed E-state index contributed by atoms with van der Waals surface area (Å²) in [6.07, 6.45) is 4.11. The summed E-state index contributed by atoms with van der Waals surface area (Å²) >= 11 is 0. The van der Waals surface area contributed by atoms with Gasteiger partial charge in [0.2, 0.25) is 5.95 Å². The molecule has 0 saturated heterocycles. The molecule has 0 bridgehead atoms. The first-order valence-corrected chi connectivity index (χ1v) is 9.68. The van der Waals surface area contributed by atoms with Gasteiger partial charge in [0.05, 0.1) is 17.0 Å². The molecule has 7 nitrogen and oxygen atoms in total. The minimum Gasteiger partial charge on any atom is -0.490 e. The van der Waals surface area contributed by atoms with E-state index in [2.05, 4.69) is 20.3 Å². The van der Waals surface area contributed by atoms with E-state index in [4.69, 9.17) is 16.2 Å². The molecule has 0 radical (unpaired) electrons. The number of aromatic nitrogens is 3. The molecule has 4 rings (SSSR count). The Hall–Kier alpha value is -3.09. The van der Waals surface area contributed by atoms with Gasteiger partial charge in [-0.2, -0.15) is 4.98 Å². The SMILES string of the molecule is Cc1cc(NC2CCC(Oc3cccc4nc(C)cc(N)c34)CC2)nc(N)n1. The Balaban J connectivity index is 1.42. The van der Waals surface area contributed by atoms with Crippen LogP contribution in [0.3, 0.4) is 0 Å². The number of rotatable bonds is 4. The molecule has 0 spiro atoms. The fraction of sp³-hybridized carbons (Fsp3) is 0.381. The summed E-state index contributed by atoms with van der Waals surface area (Å²) in [5.41, 5.74) is 15.4. The molecule has 1 aliphatic rings. The van der Waals surface area contributed by atoms with Gasteiger partial charge in [-0.1, -0.05) is 6.07 Å². The number of pyridine rings is 1. The number of benzene rings is 1. The monoisotopic (exact) mass is 378 g/mol. The fourth-order valence-electron chi connectivity index (χ4n) is 3.90. The Labute approximate surface area is 164 Å². The molecule has 0 amide bonds. The molecule has 1 aliphatic carbocycles. The molecule has 146 valence electrons. The van der Waals surface area contributed by atoms with Crippen LogP contribution in [0.5, 0.6) is 5.75 Å². The van der Waals surface area contributed by atoms with Gasteiger partial charge in [0.15, 0.2) is 0 Å². The van der Waals surface area contributed by atoms with Gasteiger partial charge in [-0.15, -0.1) is 0 Å². The van der Waals surface area contributed by atoms with Crippen LogP contribution < -0.4 is 21.5 Å². The summed E-state index contributed by atoms with van der Waals surface area (Å²) in [7, 11) is 0. The average molecular weight is 378 g/mol. The number of hydrogen-bond acceptors (Lipinski definition) is 7. The highest BCUT2D eigenvalue weighted by Gasteiger charge is 2.23. The van der Waals surface area contributed by atoms with E-state index in [1.54, 1.807) is 0 Å². The van der Waals surface area contributed by atoms with Crippen molar-refractivity contribution in [1.82, 2.24) is 15.0 Å². The first kappa shape index (κ1) is 18.3. The second-order valence-corrected chi connectivity index (χ2v) is 7.49. The van der Waals surface area contributed by atoms with E-state index in [0.717, 1.165) is 59.5 Å². The Morgan fingerprint density at radius 2 is 1.71 bits per heavy atom. The molecule has 1 aromatic carbocycles. The molecular weight excluding hydrogens is 352 g/mol. The lowest BCUT2D eigenvalue weighted by atomic mass is 9.93. The zero-order valence-electron chi connectivity index (χ0n) is 16.3. The highest BCUT2D eigenvalue weighted by Crippen LogP contribution is 2.33. The van der Waals surface area contributed by atoms with Crippen molar-refractivity contribution in [2.75, 3.05) is 16.8 Å². The van der Waals surface area contributed by atoms with Crippen molar-refractivity contribution < 1.29 is 4.74 Å². The number of anilines is 3. The largest absolute Gasteiger partial charge is 0.490 e. The van der Waals surface area contributed by atoms with Crippen molar-refractivity contribution in [3.8, 4) is 5.75 Å². The lowest BCUT2D eigenvalue weighted by molar-refractivity contribution is 0.152. The standard InChI is InChI=1S/C21H26N6O/c1-12-10-16(22)20-17(24-12)4-3-5-18(20)28-15-8-6-14(7-9-15)26-19-11-13(2)25-21(23)27-19/h3-5,10-11,14-15H,6-9H2,1-2H3,(H2,22,24)(H3,23,25,26,27). The summed E-state index contributed by atoms with van der Waals surface area (Å²) in [6.45, 7) is 3.87. The average Bonchev–Trinajstić information content (AvgIpc) is 2.62. The highest BCUT2D eigenvalue weighted by atomic mass is 16.5. The van der Waals surface area contributed by atoms with Crippen LogP contribution in [-0.4, -0.2) is 27.1 Å². The zero-order valence-corrected chi connectivity index (χ0v) is 16.3. The molecule has 1 saturated carbocycles. The Kier molecular flexibility index (Phi) is 4.90. The summed E-state index contributed by atoms with van der Waals surface area (Å²) in [6, 6.07) is 10.1. The quantitative estimate of drug-likeness (QED) is 0.636. The van der Waals surface area contributed by atoms with E-state index in [1.165, 1.54) is 0 Å². The summed E-state index contributed by atoms with van der Waals surface area (Å²) < 4.78 is 6.33. The van der Waals surface area contributed by atoms with Gasteiger partial charge >= 0.3 is 0 Å². The van der Waals surface area contributed by atoms with E-state index in [9.17, 15) is 0 Å². The number of nitrogens with one attached hydrogen (secondary N) is 1. The van der Waals surface area contributed by atoms with Crippen LogP contribution in [0.15, 0.2) is 30.3 Å². The Morgan fingerprint density at radius 1 is 0.964 bits per heavy atom. The van der Waals surface area contributed by atoms with Gasteiger partial charge in [-0.05, 0) is 57.7 Å². The minimum atomic E-state index is 0.168. The summed E-state index contributed by atoms with van der Waals surface area (Å²) in [5.74, 6) is 1.91. The predicted molar refractivity (Wildman–Crippen MR) is 112 cm³/mol.